The van der Waals surface area contributed by atoms with Crippen molar-refractivity contribution in [1.29, 1.82) is 0 Å². The molecule has 0 radical (unpaired) electrons. The molecule has 138 valence electrons. The van der Waals surface area contributed by atoms with Crippen LogP contribution in [-0.4, -0.2) is 15.7 Å². The molecule has 5 heteroatoms. The topological polar surface area (TPSA) is 70.1 Å². The molecule has 1 heterocycles. The number of carbonyl (C=O) groups excluding carboxylic acids is 1. The van der Waals surface area contributed by atoms with Gasteiger partial charge in [-0.2, -0.15) is 5.10 Å². The zero-order valence-corrected chi connectivity index (χ0v) is 15.2. The number of para-hydroxylation sites is 1. The van der Waals surface area contributed by atoms with Gasteiger partial charge in [0, 0.05) is 22.9 Å². The standard InChI is InChI=1S/C23H19N3O2/c24-23(27)18-11-13-21(14-12-18)28-16-19-15-26(20-9-5-2-6-10-20)25-22(19)17-7-3-1-4-8-17/h1-15H,16H2,(H2,24,27). The maximum absolute atomic E-state index is 11.2. The maximum atomic E-state index is 11.2. The van der Waals surface area contributed by atoms with Gasteiger partial charge in [-0.3, -0.25) is 4.79 Å². The highest BCUT2D eigenvalue weighted by molar-refractivity contribution is 5.92. The summed E-state index contributed by atoms with van der Waals surface area (Å²) in [4.78, 5) is 11.2. The van der Waals surface area contributed by atoms with E-state index in [-0.39, 0.29) is 0 Å². The Balaban J connectivity index is 1.63. The third-order valence-corrected chi connectivity index (χ3v) is 4.39. The van der Waals surface area contributed by atoms with Crippen LogP contribution in [0.3, 0.4) is 0 Å². The number of primary amides is 1. The molecule has 0 unspecified atom stereocenters. The molecule has 4 rings (SSSR count). The molecule has 0 saturated heterocycles. The lowest BCUT2D eigenvalue weighted by Gasteiger charge is -2.07. The number of rotatable bonds is 6. The zero-order valence-electron chi connectivity index (χ0n) is 15.2. The highest BCUT2D eigenvalue weighted by atomic mass is 16.5. The summed E-state index contributed by atoms with van der Waals surface area (Å²) >= 11 is 0. The van der Waals surface area contributed by atoms with Crippen LogP contribution >= 0.6 is 0 Å². The third kappa shape index (κ3) is 3.78. The summed E-state index contributed by atoms with van der Waals surface area (Å²) in [5, 5.41) is 4.78. The highest BCUT2D eigenvalue weighted by Crippen LogP contribution is 2.25. The van der Waals surface area contributed by atoms with Gasteiger partial charge < -0.3 is 10.5 Å². The Hall–Kier alpha value is -3.86. The lowest BCUT2D eigenvalue weighted by atomic mass is 10.1. The summed E-state index contributed by atoms with van der Waals surface area (Å²) in [7, 11) is 0. The second kappa shape index (κ2) is 7.80. The van der Waals surface area contributed by atoms with Gasteiger partial charge in [-0.15, -0.1) is 0 Å². The first-order valence-electron chi connectivity index (χ1n) is 8.93. The SMILES string of the molecule is NC(=O)c1ccc(OCc2cn(-c3ccccc3)nc2-c2ccccc2)cc1. The van der Waals surface area contributed by atoms with Crippen molar-refractivity contribution in [3.05, 3.63) is 102 Å². The molecule has 0 spiro atoms. The van der Waals surface area contributed by atoms with Crippen LogP contribution < -0.4 is 10.5 Å². The van der Waals surface area contributed by atoms with Gasteiger partial charge in [0.1, 0.15) is 12.4 Å². The van der Waals surface area contributed by atoms with Gasteiger partial charge in [-0.1, -0.05) is 48.5 Å². The van der Waals surface area contributed by atoms with Crippen molar-refractivity contribution in [2.45, 2.75) is 6.61 Å². The van der Waals surface area contributed by atoms with Crippen molar-refractivity contribution in [2.75, 3.05) is 0 Å². The Bertz CT molecular complexity index is 1070. The molecule has 0 atom stereocenters. The smallest absolute Gasteiger partial charge is 0.248 e. The summed E-state index contributed by atoms with van der Waals surface area (Å²) in [5.74, 6) is 0.207. The van der Waals surface area contributed by atoms with Crippen molar-refractivity contribution < 1.29 is 9.53 Å². The average Bonchev–Trinajstić information content (AvgIpc) is 3.18. The van der Waals surface area contributed by atoms with Crippen molar-refractivity contribution in [1.82, 2.24) is 9.78 Å². The fourth-order valence-electron chi connectivity index (χ4n) is 2.94. The van der Waals surface area contributed by atoms with E-state index in [0.29, 0.717) is 17.9 Å². The molecule has 4 aromatic rings. The van der Waals surface area contributed by atoms with Crippen LogP contribution in [0.4, 0.5) is 0 Å². The van der Waals surface area contributed by atoms with E-state index in [1.165, 1.54) is 0 Å². The fourth-order valence-corrected chi connectivity index (χ4v) is 2.94. The van der Waals surface area contributed by atoms with Gasteiger partial charge in [-0.25, -0.2) is 4.68 Å². The van der Waals surface area contributed by atoms with E-state index in [9.17, 15) is 4.79 Å². The third-order valence-electron chi connectivity index (χ3n) is 4.39. The number of hydrogen-bond donors (Lipinski definition) is 1. The largest absolute Gasteiger partial charge is 0.489 e. The fraction of sp³-hybridized carbons (Fsp3) is 0.0435. The number of carbonyl (C=O) groups is 1. The summed E-state index contributed by atoms with van der Waals surface area (Å²) in [5.41, 5.74) is 9.58. The number of ether oxygens (including phenoxy) is 1. The van der Waals surface area contributed by atoms with Crippen molar-refractivity contribution in [3.63, 3.8) is 0 Å². The van der Waals surface area contributed by atoms with Crippen LogP contribution in [0.5, 0.6) is 5.75 Å². The number of benzene rings is 3. The highest BCUT2D eigenvalue weighted by Gasteiger charge is 2.13. The summed E-state index contributed by atoms with van der Waals surface area (Å²) in [6, 6.07) is 26.8. The predicted octanol–water partition coefficient (Wildman–Crippen LogP) is 4.22. The molecule has 0 saturated carbocycles. The van der Waals surface area contributed by atoms with Crippen LogP contribution in [0, 0.1) is 0 Å². The van der Waals surface area contributed by atoms with E-state index >= 15 is 0 Å². The number of hydrogen-bond acceptors (Lipinski definition) is 3. The van der Waals surface area contributed by atoms with Gasteiger partial charge in [0.15, 0.2) is 0 Å². The first-order chi connectivity index (χ1) is 13.7. The molecule has 5 nitrogen and oxygen atoms in total. The predicted molar refractivity (Wildman–Crippen MR) is 108 cm³/mol. The molecule has 1 amide bonds. The van der Waals surface area contributed by atoms with E-state index in [4.69, 9.17) is 15.6 Å². The van der Waals surface area contributed by atoms with E-state index in [0.717, 1.165) is 22.5 Å². The van der Waals surface area contributed by atoms with Crippen molar-refractivity contribution in [2.24, 2.45) is 5.73 Å². The van der Waals surface area contributed by atoms with Crippen LogP contribution in [0.25, 0.3) is 16.9 Å². The Morgan fingerprint density at radius 3 is 2.18 bits per heavy atom. The molecular formula is C23H19N3O2. The molecule has 0 aliphatic heterocycles. The lowest BCUT2D eigenvalue weighted by molar-refractivity contribution is 0.1000. The van der Waals surface area contributed by atoms with Crippen LogP contribution in [-0.2, 0) is 6.61 Å². The van der Waals surface area contributed by atoms with Gasteiger partial charge >= 0.3 is 0 Å². The molecule has 0 aliphatic carbocycles. The van der Waals surface area contributed by atoms with Gasteiger partial charge in [-0.05, 0) is 36.4 Å². The Morgan fingerprint density at radius 1 is 0.893 bits per heavy atom. The quantitative estimate of drug-likeness (QED) is 0.553. The molecular weight excluding hydrogens is 350 g/mol. The van der Waals surface area contributed by atoms with Gasteiger partial charge in [0.25, 0.3) is 0 Å². The molecule has 0 aliphatic rings. The summed E-state index contributed by atoms with van der Waals surface area (Å²) < 4.78 is 7.79. The monoisotopic (exact) mass is 369 g/mol. The van der Waals surface area contributed by atoms with Gasteiger partial charge in [0.05, 0.1) is 11.4 Å². The summed E-state index contributed by atoms with van der Waals surface area (Å²) in [6.45, 7) is 0.354. The second-order valence-electron chi connectivity index (χ2n) is 6.33. The van der Waals surface area contributed by atoms with Crippen molar-refractivity contribution >= 4 is 5.91 Å². The minimum atomic E-state index is -0.456. The second-order valence-corrected chi connectivity index (χ2v) is 6.33. The molecule has 0 fully saturated rings. The van der Waals surface area contributed by atoms with E-state index in [1.807, 2.05) is 71.5 Å². The van der Waals surface area contributed by atoms with E-state index < -0.39 is 5.91 Å². The average molecular weight is 369 g/mol. The first-order valence-corrected chi connectivity index (χ1v) is 8.93. The van der Waals surface area contributed by atoms with Crippen LogP contribution in [0.1, 0.15) is 15.9 Å². The molecule has 28 heavy (non-hydrogen) atoms. The Labute approximate surface area is 163 Å². The minimum Gasteiger partial charge on any atom is -0.489 e. The Morgan fingerprint density at radius 2 is 1.54 bits per heavy atom. The van der Waals surface area contributed by atoms with Crippen LogP contribution in [0.15, 0.2) is 91.1 Å². The minimum absolute atomic E-state index is 0.354. The van der Waals surface area contributed by atoms with E-state index in [2.05, 4.69) is 0 Å². The first kappa shape index (κ1) is 17.5. The summed E-state index contributed by atoms with van der Waals surface area (Å²) in [6.07, 6.45) is 1.98. The number of nitrogens with two attached hydrogens (primary N) is 1. The number of amides is 1. The maximum Gasteiger partial charge on any atom is 0.248 e. The number of nitrogens with zero attached hydrogens (tertiary/aromatic N) is 2. The van der Waals surface area contributed by atoms with Gasteiger partial charge in [0.2, 0.25) is 5.91 Å². The van der Waals surface area contributed by atoms with Crippen molar-refractivity contribution in [3.8, 4) is 22.7 Å². The molecule has 3 aromatic carbocycles. The van der Waals surface area contributed by atoms with E-state index in [1.54, 1.807) is 24.3 Å². The van der Waals surface area contributed by atoms with Crippen LogP contribution in [0.2, 0.25) is 0 Å². The normalized spacial score (nSPS) is 10.6. The zero-order chi connectivity index (χ0) is 19.3. The lowest BCUT2D eigenvalue weighted by Crippen LogP contribution is -2.10. The molecule has 1 aromatic heterocycles. The molecule has 2 N–H and O–H groups in total. The number of aromatic nitrogens is 2. The molecule has 0 bridgehead atoms. The Kier molecular flexibility index (Phi) is 4.89.